The largest absolute Gasteiger partial charge is 0.497 e. The first-order valence-corrected chi connectivity index (χ1v) is 9.81. The molecule has 0 aliphatic carbocycles. The molecule has 1 saturated heterocycles. The van der Waals surface area contributed by atoms with Crippen LogP contribution in [0.4, 0.5) is 5.69 Å². The normalized spacial score (nSPS) is 17.1. The van der Waals surface area contributed by atoms with Gasteiger partial charge < -0.3 is 14.6 Å². The molecular formula is C21H15NO5S2. The number of ether oxygens (including phenoxy) is 2. The van der Waals surface area contributed by atoms with Gasteiger partial charge in [-0.25, -0.2) is 4.79 Å². The van der Waals surface area contributed by atoms with Gasteiger partial charge in [-0.2, -0.15) is 0 Å². The number of hydrogen-bond donors (Lipinski definition) is 1. The Kier molecular flexibility index (Phi) is 5.12. The van der Waals surface area contributed by atoms with Crippen molar-refractivity contribution in [2.75, 3.05) is 18.6 Å². The number of carboxylic acid groups (broad SMARTS) is 1. The topological polar surface area (TPSA) is 76.1 Å². The van der Waals surface area contributed by atoms with Crippen molar-refractivity contribution < 1.29 is 24.2 Å². The van der Waals surface area contributed by atoms with Crippen LogP contribution in [0.1, 0.15) is 15.9 Å². The minimum Gasteiger partial charge on any atom is -0.497 e. The maximum absolute atomic E-state index is 12.9. The number of fused-ring (bicyclic) bond motifs is 1. The molecule has 0 spiro atoms. The smallest absolute Gasteiger partial charge is 0.335 e. The van der Waals surface area contributed by atoms with Crippen LogP contribution in [0.3, 0.4) is 0 Å². The van der Waals surface area contributed by atoms with E-state index in [1.807, 2.05) is 24.3 Å². The fourth-order valence-corrected chi connectivity index (χ4v) is 4.32. The Balaban J connectivity index is 1.62. The number of hydrogen-bond acceptors (Lipinski definition) is 6. The van der Waals surface area contributed by atoms with Gasteiger partial charge in [-0.3, -0.25) is 9.69 Å². The standard InChI is InChI=1S/C21H15NO5S2/c1-26-16-6-5-13-7-12(11-27-17(13)10-16)8-18-19(23)22(21(28)29-18)15-4-2-3-14(9-15)20(24)25/h2-10H,11H2,1H3,(H,24,25)/b18-8-. The van der Waals surface area contributed by atoms with Crippen molar-refractivity contribution in [3.8, 4) is 11.5 Å². The Morgan fingerprint density at radius 2 is 2.14 bits per heavy atom. The van der Waals surface area contributed by atoms with Crippen LogP contribution in [0.15, 0.2) is 59.0 Å². The lowest BCUT2D eigenvalue weighted by atomic mass is 10.1. The number of amides is 1. The van der Waals surface area contributed by atoms with Gasteiger partial charge in [0, 0.05) is 11.6 Å². The average molecular weight is 425 g/mol. The fourth-order valence-electron chi connectivity index (χ4n) is 3.01. The van der Waals surface area contributed by atoms with Crippen LogP contribution in [0.2, 0.25) is 0 Å². The molecule has 146 valence electrons. The van der Waals surface area contributed by atoms with Crippen molar-refractivity contribution >= 4 is 51.9 Å². The summed E-state index contributed by atoms with van der Waals surface area (Å²) in [7, 11) is 1.60. The molecule has 2 aliphatic rings. The highest BCUT2D eigenvalue weighted by Gasteiger charge is 2.34. The van der Waals surface area contributed by atoms with E-state index in [0.717, 1.165) is 16.9 Å². The van der Waals surface area contributed by atoms with E-state index in [-0.39, 0.29) is 11.5 Å². The molecule has 0 aromatic heterocycles. The van der Waals surface area contributed by atoms with E-state index in [0.29, 0.717) is 27.3 Å². The van der Waals surface area contributed by atoms with Gasteiger partial charge in [-0.1, -0.05) is 30.0 Å². The molecule has 29 heavy (non-hydrogen) atoms. The van der Waals surface area contributed by atoms with Crippen LogP contribution in [0, 0.1) is 0 Å². The van der Waals surface area contributed by atoms with E-state index in [4.69, 9.17) is 21.7 Å². The van der Waals surface area contributed by atoms with Crippen molar-refractivity contribution in [3.05, 3.63) is 70.1 Å². The first kappa shape index (κ1) is 19.2. The summed E-state index contributed by atoms with van der Waals surface area (Å²) in [6, 6.07) is 11.7. The number of benzene rings is 2. The van der Waals surface area contributed by atoms with E-state index in [1.54, 1.807) is 25.3 Å². The molecule has 2 heterocycles. The second-order valence-corrected chi connectivity index (χ2v) is 7.96. The first-order valence-electron chi connectivity index (χ1n) is 8.59. The lowest BCUT2D eigenvalue weighted by Crippen LogP contribution is -2.27. The Morgan fingerprint density at radius 3 is 2.90 bits per heavy atom. The molecular weight excluding hydrogens is 410 g/mol. The molecule has 2 aliphatic heterocycles. The van der Waals surface area contributed by atoms with Gasteiger partial charge in [0.1, 0.15) is 18.1 Å². The van der Waals surface area contributed by atoms with Crippen molar-refractivity contribution in [3.63, 3.8) is 0 Å². The number of thioether (sulfide) groups is 1. The Bertz CT molecular complexity index is 1110. The Hall–Kier alpha value is -3.10. The third kappa shape index (κ3) is 3.76. The first-order chi connectivity index (χ1) is 14.0. The van der Waals surface area contributed by atoms with E-state index in [9.17, 15) is 14.7 Å². The highest BCUT2D eigenvalue weighted by atomic mass is 32.2. The van der Waals surface area contributed by atoms with Crippen molar-refractivity contribution in [1.82, 2.24) is 0 Å². The van der Waals surface area contributed by atoms with Crippen LogP contribution < -0.4 is 14.4 Å². The summed E-state index contributed by atoms with van der Waals surface area (Å²) in [5.41, 5.74) is 2.26. The quantitative estimate of drug-likeness (QED) is 0.583. The molecule has 2 aromatic carbocycles. The summed E-state index contributed by atoms with van der Waals surface area (Å²) >= 11 is 6.54. The molecule has 0 atom stereocenters. The lowest BCUT2D eigenvalue weighted by Gasteiger charge is -2.17. The predicted octanol–water partition coefficient (Wildman–Crippen LogP) is 4.12. The van der Waals surface area contributed by atoms with Gasteiger partial charge in [-0.05, 0) is 48.1 Å². The molecule has 2 aromatic rings. The van der Waals surface area contributed by atoms with Crippen LogP contribution in [-0.2, 0) is 4.79 Å². The summed E-state index contributed by atoms with van der Waals surface area (Å²) in [4.78, 5) is 25.9. The number of carboxylic acids is 1. The zero-order valence-corrected chi connectivity index (χ0v) is 16.9. The minimum absolute atomic E-state index is 0.0935. The molecule has 6 nitrogen and oxygen atoms in total. The Labute approximate surface area is 176 Å². The lowest BCUT2D eigenvalue weighted by molar-refractivity contribution is -0.113. The van der Waals surface area contributed by atoms with Gasteiger partial charge >= 0.3 is 5.97 Å². The van der Waals surface area contributed by atoms with Gasteiger partial charge in [-0.15, -0.1) is 0 Å². The molecule has 0 bridgehead atoms. The molecule has 1 fully saturated rings. The molecule has 0 radical (unpaired) electrons. The van der Waals surface area contributed by atoms with Crippen LogP contribution >= 0.6 is 24.0 Å². The molecule has 4 rings (SSSR count). The fraction of sp³-hybridized carbons (Fsp3) is 0.0952. The van der Waals surface area contributed by atoms with Crippen molar-refractivity contribution in [1.29, 1.82) is 0 Å². The van der Waals surface area contributed by atoms with E-state index in [2.05, 4.69) is 0 Å². The zero-order chi connectivity index (χ0) is 20.5. The molecule has 8 heteroatoms. The van der Waals surface area contributed by atoms with Gasteiger partial charge in [0.25, 0.3) is 5.91 Å². The van der Waals surface area contributed by atoms with Crippen molar-refractivity contribution in [2.45, 2.75) is 0 Å². The van der Waals surface area contributed by atoms with Crippen LogP contribution in [0.25, 0.3) is 6.08 Å². The van der Waals surface area contributed by atoms with Crippen molar-refractivity contribution in [2.24, 2.45) is 0 Å². The van der Waals surface area contributed by atoms with Gasteiger partial charge in [0.05, 0.1) is 23.3 Å². The maximum Gasteiger partial charge on any atom is 0.335 e. The number of methoxy groups -OCH3 is 1. The summed E-state index contributed by atoms with van der Waals surface area (Å²) < 4.78 is 11.3. The van der Waals surface area contributed by atoms with Crippen LogP contribution in [-0.4, -0.2) is 35.0 Å². The van der Waals surface area contributed by atoms with Crippen LogP contribution in [0.5, 0.6) is 11.5 Å². The highest BCUT2D eigenvalue weighted by molar-refractivity contribution is 8.27. The summed E-state index contributed by atoms with van der Waals surface area (Å²) in [6.07, 6.45) is 3.71. The Morgan fingerprint density at radius 1 is 1.31 bits per heavy atom. The predicted molar refractivity (Wildman–Crippen MR) is 116 cm³/mol. The number of thiocarbonyl (C=S) groups is 1. The molecule has 0 saturated carbocycles. The van der Waals surface area contributed by atoms with E-state index in [1.165, 1.54) is 28.8 Å². The van der Waals surface area contributed by atoms with Gasteiger partial charge in [0.2, 0.25) is 0 Å². The number of carbonyl (C=O) groups is 2. The average Bonchev–Trinajstić information content (AvgIpc) is 3.00. The number of carbonyl (C=O) groups excluding carboxylic acids is 1. The number of anilines is 1. The SMILES string of the molecule is COc1ccc2c(c1)OCC(/C=C1\SC(=S)N(c3cccc(C(=O)O)c3)C1=O)=C2. The number of nitrogens with zero attached hydrogens (tertiary/aromatic N) is 1. The molecule has 1 N–H and O–H groups in total. The second kappa shape index (κ2) is 7.73. The monoisotopic (exact) mass is 425 g/mol. The third-order valence-electron chi connectivity index (χ3n) is 4.42. The second-order valence-electron chi connectivity index (χ2n) is 6.28. The molecule has 1 amide bonds. The number of aromatic carboxylic acids is 1. The minimum atomic E-state index is -1.06. The molecule has 0 unspecified atom stereocenters. The summed E-state index contributed by atoms with van der Waals surface area (Å²) in [6.45, 7) is 0.318. The zero-order valence-electron chi connectivity index (χ0n) is 15.2. The summed E-state index contributed by atoms with van der Waals surface area (Å²) in [5, 5.41) is 9.18. The number of rotatable bonds is 4. The maximum atomic E-state index is 12.9. The summed E-state index contributed by atoms with van der Waals surface area (Å²) in [5.74, 6) is 0.0844. The van der Waals surface area contributed by atoms with E-state index < -0.39 is 5.97 Å². The highest BCUT2D eigenvalue weighted by Crippen LogP contribution is 2.37. The van der Waals surface area contributed by atoms with Gasteiger partial charge in [0.15, 0.2) is 4.32 Å². The van der Waals surface area contributed by atoms with E-state index >= 15 is 0 Å². The third-order valence-corrected chi connectivity index (χ3v) is 5.72.